The van der Waals surface area contributed by atoms with Crippen LogP contribution in [0.5, 0.6) is 0 Å². The van der Waals surface area contributed by atoms with E-state index in [9.17, 15) is 0 Å². The molecule has 0 unspecified atom stereocenters. The van der Waals surface area contributed by atoms with Gasteiger partial charge in [0.05, 0.1) is 12.9 Å². The van der Waals surface area contributed by atoms with Gasteiger partial charge in [-0.05, 0) is 42.7 Å². The van der Waals surface area contributed by atoms with E-state index in [0.717, 1.165) is 32.1 Å². The third-order valence-electron chi connectivity index (χ3n) is 5.85. The molecule has 0 radical (unpaired) electrons. The fraction of sp³-hybridized carbons (Fsp3) is 0.524. The van der Waals surface area contributed by atoms with Gasteiger partial charge in [0.15, 0.2) is 5.96 Å². The topological polar surface area (TPSA) is 45.5 Å². The van der Waals surface area contributed by atoms with Crippen LogP contribution < -0.4 is 5.32 Å². The first-order chi connectivity index (χ1) is 12.8. The highest BCUT2D eigenvalue weighted by atomic mass is 127. The first kappa shape index (κ1) is 20.2. The van der Waals surface area contributed by atoms with Crippen molar-refractivity contribution in [2.45, 2.75) is 45.7 Å². The van der Waals surface area contributed by atoms with Crippen molar-refractivity contribution in [3.8, 4) is 0 Å². The van der Waals surface area contributed by atoms with Gasteiger partial charge in [-0.25, -0.2) is 9.98 Å². The number of benzene rings is 1. The fourth-order valence-corrected chi connectivity index (χ4v) is 4.13. The highest BCUT2D eigenvalue weighted by Crippen LogP contribution is 2.47. The molecule has 0 amide bonds. The van der Waals surface area contributed by atoms with Crippen molar-refractivity contribution in [1.82, 2.24) is 19.8 Å². The van der Waals surface area contributed by atoms with Gasteiger partial charge in [0.25, 0.3) is 0 Å². The number of nitrogens with zero attached hydrogens (tertiary/aromatic N) is 4. The Morgan fingerprint density at radius 1 is 1.19 bits per heavy atom. The summed E-state index contributed by atoms with van der Waals surface area (Å²) >= 11 is 0. The average Bonchev–Trinajstić information content (AvgIpc) is 3.29. The second kappa shape index (κ2) is 9.08. The smallest absolute Gasteiger partial charge is 0.194 e. The van der Waals surface area contributed by atoms with Gasteiger partial charge in [-0.2, -0.15) is 0 Å². The molecule has 2 aromatic rings. The molecule has 5 nitrogen and oxygen atoms in total. The summed E-state index contributed by atoms with van der Waals surface area (Å²) in [5, 5.41) is 3.49. The van der Waals surface area contributed by atoms with Crippen molar-refractivity contribution < 1.29 is 0 Å². The van der Waals surface area contributed by atoms with Gasteiger partial charge in [0, 0.05) is 38.6 Å². The van der Waals surface area contributed by atoms with E-state index in [4.69, 9.17) is 4.99 Å². The van der Waals surface area contributed by atoms with E-state index < -0.39 is 0 Å². The van der Waals surface area contributed by atoms with Crippen molar-refractivity contribution in [2.24, 2.45) is 10.4 Å². The maximum absolute atomic E-state index is 4.91. The highest BCUT2D eigenvalue weighted by molar-refractivity contribution is 14.0. The number of aromatic nitrogens is 2. The molecule has 1 aliphatic heterocycles. The molecular formula is C21H30IN5. The van der Waals surface area contributed by atoms with Crippen LogP contribution in [0.4, 0.5) is 0 Å². The Labute approximate surface area is 179 Å². The molecule has 27 heavy (non-hydrogen) atoms. The first-order valence-electron chi connectivity index (χ1n) is 9.83. The summed E-state index contributed by atoms with van der Waals surface area (Å²) in [6.45, 7) is 7.00. The number of rotatable bonds is 5. The first-order valence-corrected chi connectivity index (χ1v) is 9.83. The van der Waals surface area contributed by atoms with Crippen LogP contribution in [0.1, 0.15) is 43.7 Å². The second-order valence-electron chi connectivity index (χ2n) is 7.75. The van der Waals surface area contributed by atoms with E-state index in [1.807, 2.05) is 18.7 Å². The molecule has 1 saturated heterocycles. The lowest BCUT2D eigenvalue weighted by Gasteiger charge is -2.38. The van der Waals surface area contributed by atoms with Gasteiger partial charge in [-0.15, -0.1) is 24.0 Å². The molecule has 146 valence electrons. The van der Waals surface area contributed by atoms with Gasteiger partial charge in [0.1, 0.15) is 0 Å². The van der Waals surface area contributed by atoms with Crippen LogP contribution in [-0.2, 0) is 13.1 Å². The Hall–Kier alpha value is -1.57. The predicted octanol–water partition coefficient (Wildman–Crippen LogP) is 3.89. The number of imidazole rings is 1. The highest BCUT2D eigenvalue weighted by Gasteiger charge is 2.43. The summed E-state index contributed by atoms with van der Waals surface area (Å²) in [4.78, 5) is 11.5. The molecule has 1 saturated carbocycles. The largest absolute Gasteiger partial charge is 0.357 e. The quantitative estimate of drug-likeness (QED) is 0.402. The Bertz CT molecular complexity index is 734. The normalized spacial score (nSPS) is 18.3. The van der Waals surface area contributed by atoms with Crippen molar-refractivity contribution in [2.75, 3.05) is 19.6 Å². The summed E-state index contributed by atoms with van der Waals surface area (Å²) in [6, 6.07) is 8.77. The second-order valence-corrected chi connectivity index (χ2v) is 7.75. The van der Waals surface area contributed by atoms with Crippen LogP contribution in [0.25, 0.3) is 0 Å². The van der Waals surface area contributed by atoms with Crippen LogP contribution in [0, 0.1) is 5.41 Å². The monoisotopic (exact) mass is 479 g/mol. The molecule has 4 rings (SSSR count). The number of aliphatic imine (C=N–C) groups is 1. The van der Waals surface area contributed by atoms with Gasteiger partial charge < -0.3 is 14.8 Å². The molecule has 1 aromatic heterocycles. The molecule has 2 fully saturated rings. The molecule has 1 N–H and O–H groups in total. The lowest BCUT2D eigenvalue weighted by molar-refractivity contribution is 0.151. The number of guanidine groups is 1. The maximum Gasteiger partial charge on any atom is 0.194 e. The van der Waals surface area contributed by atoms with Crippen molar-refractivity contribution >= 4 is 29.9 Å². The summed E-state index contributed by atoms with van der Waals surface area (Å²) in [5.74, 6) is 1.08. The molecule has 0 atom stereocenters. The minimum atomic E-state index is 0. The van der Waals surface area contributed by atoms with Crippen LogP contribution in [0.15, 0.2) is 48.0 Å². The van der Waals surface area contributed by atoms with Gasteiger partial charge in [-0.1, -0.05) is 30.7 Å². The van der Waals surface area contributed by atoms with Gasteiger partial charge >= 0.3 is 0 Å². The fourth-order valence-electron chi connectivity index (χ4n) is 4.13. The Morgan fingerprint density at radius 2 is 1.96 bits per heavy atom. The van der Waals surface area contributed by atoms with E-state index in [1.165, 1.54) is 43.4 Å². The number of nitrogens with one attached hydrogen (secondary N) is 1. The summed E-state index contributed by atoms with van der Waals surface area (Å²) < 4.78 is 2.08. The van der Waals surface area contributed by atoms with Crippen molar-refractivity contribution in [3.05, 3.63) is 54.1 Å². The molecule has 1 aliphatic carbocycles. The van der Waals surface area contributed by atoms with Crippen LogP contribution >= 0.6 is 24.0 Å². The average molecular weight is 479 g/mol. The van der Waals surface area contributed by atoms with Crippen LogP contribution in [0.2, 0.25) is 0 Å². The molecule has 2 aliphatic rings. The van der Waals surface area contributed by atoms with E-state index in [-0.39, 0.29) is 24.0 Å². The van der Waals surface area contributed by atoms with Crippen LogP contribution in [0.3, 0.4) is 0 Å². The Balaban J connectivity index is 0.00000210. The van der Waals surface area contributed by atoms with E-state index in [0.29, 0.717) is 5.41 Å². The molecule has 0 bridgehead atoms. The molecule has 2 heterocycles. The summed E-state index contributed by atoms with van der Waals surface area (Å²) in [6.07, 6.45) is 11.2. The standard InChI is InChI=1S/C21H29N5.HI/c1-2-23-20(26-12-10-21(16-26)8-3-9-21)24-14-18-4-6-19(7-5-18)15-25-13-11-22-17-25;/h4-7,11,13,17H,2-3,8-10,12,14-16H2,1H3,(H,23,24);1H. The zero-order valence-corrected chi connectivity index (χ0v) is 18.4. The van der Waals surface area contributed by atoms with E-state index >= 15 is 0 Å². The Morgan fingerprint density at radius 3 is 2.56 bits per heavy atom. The maximum atomic E-state index is 4.91. The van der Waals surface area contributed by atoms with Gasteiger partial charge in [0.2, 0.25) is 0 Å². The number of hydrogen-bond acceptors (Lipinski definition) is 2. The van der Waals surface area contributed by atoms with E-state index in [1.54, 1.807) is 0 Å². The third kappa shape index (κ3) is 4.83. The third-order valence-corrected chi connectivity index (χ3v) is 5.85. The zero-order chi connectivity index (χ0) is 17.8. The predicted molar refractivity (Wildman–Crippen MR) is 120 cm³/mol. The summed E-state index contributed by atoms with van der Waals surface area (Å²) in [5.41, 5.74) is 3.15. The zero-order valence-electron chi connectivity index (χ0n) is 16.1. The van der Waals surface area contributed by atoms with Gasteiger partial charge in [-0.3, -0.25) is 0 Å². The molecule has 1 aromatic carbocycles. The lowest BCUT2D eigenvalue weighted by atomic mass is 9.68. The molecule has 6 heteroatoms. The lowest BCUT2D eigenvalue weighted by Crippen LogP contribution is -2.42. The SMILES string of the molecule is CCNC(=NCc1ccc(Cn2ccnc2)cc1)N1CCC2(CCC2)C1.I. The molecular weight excluding hydrogens is 449 g/mol. The number of halogens is 1. The van der Waals surface area contributed by atoms with E-state index in [2.05, 4.69) is 51.0 Å². The Kier molecular flexibility index (Phi) is 6.78. The number of hydrogen-bond donors (Lipinski definition) is 1. The minimum absolute atomic E-state index is 0. The molecule has 1 spiro atoms. The van der Waals surface area contributed by atoms with Crippen LogP contribution in [-0.4, -0.2) is 40.0 Å². The van der Waals surface area contributed by atoms with Crippen molar-refractivity contribution in [3.63, 3.8) is 0 Å². The summed E-state index contributed by atoms with van der Waals surface area (Å²) in [7, 11) is 0. The number of likely N-dealkylation sites (tertiary alicyclic amines) is 1. The minimum Gasteiger partial charge on any atom is -0.357 e. The van der Waals surface area contributed by atoms with Crippen molar-refractivity contribution in [1.29, 1.82) is 0 Å².